The van der Waals surface area contributed by atoms with Crippen LogP contribution >= 0.6 is 0 Å². The van der Waals surface area contributed by atoms with E-state index in [9.17, 15) is 0 Å². The Morgan fingerprint density at radius 1 is 1.16 bits per heavy atom. The van der Waals surface area contributed by atoms with E-state index in [2.05, 4.69) is 19.9 Å². The number of aromatic nitrogens is 3. The molecule has 0 radical (unpaired) electrons. The molecule has 0 bridgehead atoms. The molecular formula is C13H23N5O. The van der Waals surface area contributed by atoms with E-state index < -0.39 is 0 Å². The number of nitrogen functional groups attached to an aromatic ring is 1. The molecule has 1 aliphatic carbocycles. The molecule has 6 nitrogen and oxygen atoms in total. The highest BCUT2D eigenvalue weighted by molar-refractivity contribution is 5.36. The van der Waals surface area contributed by atoms with Crippen LogP contribution in [0.3, 0.4) is 0 Å². The number of rotatable bonds is 4. The van der Waals surface area contributed by atoms with Crippen LogP contribution in [0.25, 0.3) is 0 Å². The average molecular weight is 265 g/mol. The summed E-state index contributed by atoms with van der Waals surface area (Å²) in [7, 11) is 2.02. The summed E-state index contributed by atoms with van der Waals surface area (Å²) < 4.78 is 5.50. The van der Waals surface area contributed by atoms with Crippen molar-refractivity contribution in [1.29, 1.82) is 0 Å². The van der Waals surface area contributed by atoms with E-state index >= 15 is 0 Å². The summed E-state index contributed by atoms with van der Waals surface area (Å²) in [5, 5.41) is 0. The summed E-state index contributed by atoms with van der Waals surface area (Å²) >= 11 is 0. The molecule has 0 aromatic carbocycles. The third kappa shape index (κ3) is 3.68. The molecule has 1 aliphatic rings. The highest BCUT2D eigenvalue weighted by Crippen LogP contribution is 2.25. The Hall–Kier alpha value is -1.59. The number of hydrogen-bond acceptors (Lipinski definition) is 6. The van der Waals surface area contributed by atoms with Crippen LogP contribution in [0.15, 0.2) is 0 Å². The van der Waals surface area contributed by atoms with Crippen molar-refractivity contribution in [3.63, 3.8) is 0 Å². The van der Waals surface area contributed by atoms with Crippen molar-refractivity contribution in [3.05, 3.63) is 0 Å². The smallest absolute Gasteiger partial charge is 0.323 e. The average Bonchev–Trinajstić information content (AvgIpc) is 2.37. The second kappa shape index (κ2) is 6.04. The zero-order chi connectivity index (χ0) is 13.8. The molecule has 0 amide bonds. The van der Waals surface area contributed by atoms with E-state index in [-0.39, 0.29) is 12.1 Å². The van der Waals surface area contributed by atoms with Gasteiger partial charge in [-0.05, 0) is 26.7 Å². The summed E-state index contributed by atoms with van der Waals surface area (Å²) in [5.74, 6) is 0.818. The maximum Gasteiger partial charge on any atom is 0.323 e. The molecule has 6 heteroatoms. The van der Waals surface area contributed by atoms with Gasteiger partial charge in [-0.2, -0.15) is 15.0 Å². The first-order chi connectivity index (χ1) is 9.06. The van der Waals surface area contributed by atoms with Crippen LogP contribution in [0.2, 0.25) is 0 Å². The summed E-state index contributed by atoms with van der Waals surface area (Å²) in [6.07, 6.45) is 6.25. The second-order valence-corrected chi connectivity index (χ2v) is 5.35. The molecule has 1 heterocycles. The molecule has 0 atom stereocenters. The predicted molar refractivity (Wildman–Crippen MR) is 75.3 cm³/mol. The number of ether oxygens (including phenoxy) is 1. The lowest BCUT2D eigenvalue weighted by atomic mass is 9.95. The highest BCUT2D eigenvalue weighted by Gasteiger charge is 2.21. The summed E-state index contributed by atoms with van der Waals surface area (Å²) in [4.78, 5) is 14.7. The molecule has 2 N–H and O–H groups in total. The minimum Gasteiger partial charge on any atom is -0.461 e. The SMILES string of the molecule is CC(C)Oc1nc(N)nc(N(C)C2CCCCC2)n1. The molecule has 0 aliphatic heterocycles. The standard InChI is InChI=1S/C13H23N5O/c1-9(2)19-13-16-11(14)15-12(17-13)18(3)10-7-5-4-6-8-10/h9-10H,4-8H2,1-3H3,(H2,14,15,16,17). The third-order valence-electron chi connectivity index (χ3n) is 3.40. The monoisotopic (exact) mass is 265 g/mol. The maximum absolute atomic E-state index is 5.73. The lowest BCUT2D eigenvalue weighted by molar-refractivity contribution is 0.222. The Morgan fingerprint density at radius 3 is 2.47 bits per heavy atom. The van der Waals surface area contributed by atoms with E-state index in [1.165, 1.54) is 32.1 Å². The van der Waals surface area contributed by atoms with Gasteiger partial charge in [-0.15, -0.1) is 0 Å². The zero-order valence-electron chi connectivity index (χ0n) is 12.0. The van der Waals surface area contributed by atoms with E-state index in [0.717, 1.165) is 0 Å². The fourth-order valence-electron chi connectivity index (χ4n) is 2.41. The molecule has 0 unspecified atom stereocenters. The lowest BCUT2D eigenvalue weighted by Gasteiger charge is -2.31. The van der Waals surface area contributed by atoms with Crippen LogP contribution in [-0.4, -0.2) is 34.1 Å². The number of hydrogen-bond donors (Lipinski definition) is 1. The number of anilines is 2. The van der Waals surface area contributed by atoms with Gasteiger partial charge in [0.15, 0.2) is 0 Å². The Morgan fingerprint density at radius 2 is 1.84 bits per heavy atom. The van der Waals surface area contributed by atoms with Gasteiger partial charge in [0.1, 0.15) is 0 Å². The minimum absolute atomic E-state index is 0.0228. The van der Waals surface area contributed by atoms with Gasteiger partial charge in [-0.25, -0.2) is 0 Å². The topological polar surface area (TPSA) is 77.2 Å². The van der Waals surface area contributed by atoms with Crippen LogP contribution in [0.4, 0.5) is 11.9 Å². The molecule has 2 rings (SSSR count). The molecule has 1 aromatic heterocycles. The van der Waals surface area contributed by atoms with Gasteiger partial charge in [0.2, 0.25) is 11.9 Å². The van der Waals surface area contributed by atoms with Crippen LogP contribution in [0.1, 0.15) is 46.0 Å². The minimum atomic E-state index is 0.0228. The van der Waals surface area contributed by atoms with Crippen molar-refractivity contribution in [2.24, 2.45) is 0 Å². The highest BCUT2D eigenvalue weighted by atomic mass is 16.5. The molecule has 1 saturated carbocycles. The predicted octanol–water partition coefficient (Wildman–Crippen LogP) is 2.01. The van der Waals surface area contributed by atoms with Gasteiger partial charge in [-0.3, -0.25) is 0 Å². The Kier molecular flexibility index (Phi) is 4.39. The number of nitrogens with zero attached hydrogens (tertiary/aromatic N) is 4. The largest absolute Gasteiger partial charge is 0.461 e. The van der Waals surface area contributed by atoms with Gasteiger partial charge >= 0.3 is 6.01 Å². The van der Waals surface area contributed by atoms with E-state index in [0.29, 0.717) is 18.0 Å². The summed E-state index contributed by atoms with van der Waals surface area (Å²) in [5.41, 5.74) is 5.73. The number of nitrogens with two attached hydrogens (primary N) is 1. The summed E-state index contributed by atoms with van der Waals surface area (Å²) in [6, 6.07) is 0.794. The second-order valence-electron chi connectivity index (χ2n) is 5.35. The molecule has 0 saturated heterocycles. The fourth-order valence-corrected chi connectivity index (χ4v) is 2.41. The van der Waals surface area contributed by atoms with Crippen LogP contribution in [-0.2, 0) is 0 Å². The molecule has 106 valence electrons. The van der Waals surface area contributed by atoms with Crippen molar-refractivity contribution in [2.45, 2.75) is 58.1 Å². The van der Waals surface area contributed by atoms with Crippen LogP contribution < -0.4 is 15.4 Å². The first kappa shape index (κ1) is 13.8. The lowest BCUT2D eigenvalue weighted by Crippen LogP contribution is -2.35. The van der Waals surface area contributed by atoms with Gasteiger partial charge in [-0.1, -0.05) is 19.3 Å². The van der Waals surface area contributed by atoms with Gasteiger partial charge in [0.05, 0.1) is 6.10 Å². The quantitative estimate of drug-likeness (QED) is 0.897. The van der Waals surface area contributed by atoms with Crippen molar-refractivity contribution in [3.8, 4) is 6.01 Å². The van der Waals surface area contributed by atoms with Crippen molar-refractivity contribution in [1.82, 2.24) is 15.0 Å². The third-order valence-corrected chi connectivity index (χ3v) is 3.40. The van der Waals surface area contributed by atoms with Crippen LogP contribution in [0, 0.1) is 0 Å². The van der Waals surface area contributed by atoms with Crippen molar-refractivity contribution in [2.75, 3.05) is 17.7 Å². The molecular weight excluding hydrogens is 242 g/mol. The molecule has 0 spiro atoms. The van der Waals surface area contributed by atoms with Crippen LogP contribution in [0.5, 0.6) is 6.01 Å². The Bertz CT molecular complexity index is 417. The van der Waals surface area contributed by atoms with Crippen molar-refractivity contribution < 1.29 is 4.74 Å². The molecule has 1 aromatic rings. The maximum atomic E-state index is 5.73. The van der Waals surface area contributed by atoms with E-state index in [1.54, 1.807) is 0 Å². The van der Waals surface area contributed by atoms with E-state index in [4.69, 9.17) is 10.5 Å². The van der Waals surface area contributed by atoms with Gasteiger partial charge in [0, 0.05) is 13.1 Å². The molecule has 1 fully saturated rings. The zero-order valence-corrected chi connectivity index (χ0v) is 12.0. The first-order valence-electron chi connectivity index (χ1n) is 6.97. The van der Waals surface area contributed by atoms with Gasteiger partial charge in [0.25, 0.3) is 0 Å². The Labute approximate surface area is 114 Å². The molecule has 19 heavy (non-hydrogen) atoms. The first-order valence-corrected chi connectivity index (χ1v) is 6.97. The Balaban J connectivity index is 2.15. The normalized spacial score (nSPS) is 16.6. The fraction of sp³-hybridized carbons (Fsp3) is 0.769. The van der Waals surface area contributed by atoms with Crippen molar-refractivity contribution >= 4 is 11.9 Å². The summed E-state index contributed by atoms with van der Waals surface area (Å²) in [6.45, 7) is 3.87. The van der Waals surface area contributed by atoms with Gasteiger partial charge < -0.3 is 15.4 Å². The van der Waals surface area contributed by atoms with E-state index in [1.807, 2.05) is 20.9 Å².